The Hall–Kier alpha value is -0.460. The zero-order chi connectivity index (χ0) is 16.7. The van der Waals surface area contributed by atoms with Crippen molar-refractivity contribution in [3.8, 4) is 0 Å². The molecule has 2 rings (SSSR count). The molecular weight excluding hydrogens is 294 g/mol. The molecule has 0 aromatic carbocycles. The Labute approximate surface area is 140 Å². The third-order valence-corrected chi connectivity index (χ3v) is 4.70. The molecule has 23 heavy (non-hydrogen) atoms. The predicted octanol–water partition coefficient (Wildman–Crippen LogP) is 2.50. The van der Waals surface area contributed by atoms with E-state index in [0.717, 1.165) is 25.2 Å². The van der Waals surface area contributed by atoms with Crippen molar-refractivity contribution in [2.45, 2.75) is 69.7 Å². The molecule has 0 spiro atoms. The predicted molar refractivity (Wildman–Crippen MR) is 90.4 cm³/mol. The van der Waals surface area contributed by atoms with Crippen LogP contribution in [0.4, 0.5) is 0 Å². The fraction of sp³-hybridized carbons (Fsp3) is 0.889. The van der Waals surface area contributed by atoms with Crippen LogP contribution in [0, 0.1) is 5.92 Å². The number of unbranched alkanes of at least 4 members (excludes halogenated alkanes) is 1. The van der Waals surface area contributed by atoms with Crippen molar-refractivity contribution < 1.29 is 18.9 Å². The van der Waals surface area contributed by atoms with Crippen LogP contribution in [0.25, 0.3) is 0 Å². The number of methoxy groups -OCH3 is 1. The molecule has 1 saturated carbocycles. The Balaban J connectivity index is 2.08. The molecular formula is C18H33NO4. The van der Waals surface area contributed by atoms with Crippen molar-refractivity contribution in [2.75, 3.05) is 27.4 Å². The standard InChI is InChI=1S/C18H33NO4/c1-5-7-11-22-18-15(19-3)17(21-10-6-2)16(20-4)14(23-18)12-13-8-9-13/h6,13-19H,2,5,7-12H2,1,3-4H3/t14?,15?,16-,17-,18+/m1/s1. The summed E-state index contributed by atoms with van der Waals surface area (Å²) in [5.74, 6) is 0.764. The Bertz CT molecular complexity index is 348. The fourth-order valence-corrected chi connectivity index (χ4v) is 3.23. The second-order valence-corrected chi connectivity index (χ2v) is 6.55. The van der Waals surface area contributed by atoms with Gasteiger partial charge in [-0.25, -0.2) is 0 Å². The number of rotatable bonds is 11. The molecule has 0 bridgehead atoms. The first-order chi connectivity index (χ1) is 11.2. The third kappa shape index (κ3) is 5.26. The Morgan fingerprint density at radius 2 is 2.04 bits per heavy atom. The SMILES string of the molecule is C=CCO[C@@H]1C(NC)[C@@H](OCCCC)OC(CC2CC2)[C@H]1OC. The third-order valence-electron chi connectivity index (χ3n) is 4.70. The molecule has 134 valence electrons. The van der Waals surface area contributed by atoms with Crippen LogP contribution in [0.15, 0.2) is 12.7 Å². The lowest BCUT2D eigenvalue weighted by molar-refractivity contribution is -0.276. The van der Waals surface area contributed by atoms with Crippen molar-refractivity contribution >= 4 is 0 Å². The van der Waals surface area contributed by atoms with Gasteiger partial charge in [0.15, 0.2) is 6.29 Å². The number of hydrogen-bond donors (Lipinski definition) is 1. The summed E-state index contributed by atoms with van der Waals surface area (Å²) in [5.41, 5.74) is 0. The van der Waals surface area contributed by atoms with Crippen molar-refractivity contribution in [1.82, 2.24) is 5.32 Å². The lowest BCUT2D eigenvalue weighted by Crippen LogP contribution is -2.64. The zero-order valence-electron chi connectivity index (χ0n) is 14.8. The maximum absolute atomic E-state index is 6.29. The van der Waals surface area contributed by atoms with E-state index < -0.39 is 0 Å². The summed E-state index contributed by atoms with van der Waals surface area (Å²) >= 11 is 0. The minimum Gasteiger partial charge on any atom is -0.376 e. The molecule has 1 saturated heterocycles. The first-order valence-corrected chi connectivity index (χ1v) is 8.94. The van der Waals surface area contributed by atoms with Crippen molar-refractivity contribution in [3.63, 3.8) is 0 Å². The molecule has 0 amide bonds. The molecule has 0 aromatic rings. The van der Waals surface area contributed by atoms with Crippen molar-refractivity contribution in [2.24, 2.45) is 5.92 Å². The molecule has 2 aliphatic rings. The minimum absolute atomic E-state index is 0.0264. The van der Waals surface area contributed by atoms with E-state index in [9.17, 15) is 0 Å². The van der Waals surface area contributed by atoms with E-state index in [4.69, 9.17) is 18.9 Å². The van der Waals surface area contributed by atoms with Crippen LogP contribution in [-0.4, -0.2) is 58.0 Å². The van der Waals surface area contributed by atoms with Crippen LogP contribution < -0.4 is 5.32 Å². The summed E-state index contributed by atoms with van der Waals surface area (Å²) in [7, 11) is 3.66. The highest BCUT2D eigenvalue weighted by molar-refractivity contribution is 4.97. The Morgan fingerprint density at radius 3 is 2.61 bits per heavy atom. The lowest BCUT2D eigenvalue weighted by Gasteiger charge is -2.46. The van der Waals surface area contributed by atoms with Crippen LogP contribution in [0.5, 0.6) is 0 Å². The molecule has 5 heteroatoms. The Morgan fingerprint density at radius 1 is 1.26 bits per heavy atom. The van der Waals surface area contributed by atoms with Gasteiger partial charge >= 0.3 is 0 Å². The van der Waals surface area contributed by atoms with Crippen LogP contribution in [0.1, 0.15) is 39.0 Å². The number of ether oxygens (including phenoxy) is 4. The highest BCUT2D eigenvalue weighted by atomic mass is 16.7. The van der Waals surface area contributed by atoms with E-state index >= 15 is 0 Å². The van der Waals surface area contributed by atoms with Gasteiger partial charge in [-0.15, -0.1) is 6.58 Å². The maximum atomic E-state index is 6.29. The van der Waals surface area contributed by atoms with E-state index in [0.29, 0.717) is 13.2 Å². The quantitative estimate of drug-likeness (QED) is 0.467. The fourth-order valence-electron chi connectivity index (χ4n) is 3.23. The average molecular weight is 327 g/mol. The maximum Gasteiger partial charge on any atom is 0.175 e. The molecule has 1 aliphatic carbocycles. The van der Waals surface area contributed by atoms with E-state index in [2.05, 4.69) is 18.8 Å². The molecule has 5 atom stereocenters. The summed E-state index contributed by atoms with van der Waals surface area (Å²) in [5, 5.41) is 3.30. The van der Waals surface area contributed by atoms with Gasteiger partial charge < -0.3 is 24.3 Å². The van der Waals surface area contributed by atoms with Crippen LogP contribution in [0.2, 0.25) is 0 Å². The molecule has 0 radical (unpaired) electrons. The van der Waals surface area contributed by atoms with Gasteiger partial charge in [-0.2, -0.15) is 0 Å². The summed E-state index contributed by atoms with van der Waals surface area (Å²) in [6.07, 6.45) is 7.08. The Kier molecular flexibility index (Phi) is 7.99. The smallest absolute Gasteiger partial charge is 0.175 e. The largest absolute Gasteiger partial charge is 0.376 e. The molecule has 5 nitrogen and oxygen atoms in total. The zero-order valence-corrected chi connectivity index (χ0v) is 14.8. The van der Waals surface area contributed by atoms with Crippen LogP contribution in [-0.2, 0) is 18.9 Å². The van der Waals surface area contributed by atoms with E-state index in [-0.39, 0.29) is 30.6 Å². The van der Waals surface area contributed by atoms with Gasteiger partial charge in [-0.3, -0.25) is 0 Å². The number of hydrogen-bond acceptors (Lipinski definition) is 5. The van der Waals surface area contributed by atoms with Crippen LogP contribution in [0.3, 0.4) is 0 Å². The van der Waals surface area contributed by atoms with E-state index in [1.807, 2.05) is 7.05 Å². The van der Waals surface area contributed by atoms with Crippen molar-refractivity contribution in [1.29, 1.82) is 0 Å². The van der Waals surface area contributed by atoms with Gasteiger partial charge in [0.25, 0.3) is 0 Å². The number of likely N-dealkylation sites (N-methyl/N-ethyl adjacent to an activating group) is 1. The van der Waals surface area contributed by atoms with Gasteiger partial charge in [0.05, 0.1) is 18.8 Å². The van der Waals surface area contributed by atoms with Crippen molar-refractivity contribution in [3.05, 3.63) is 12.7 Å². The monoisotopic (exact) mass is 327 g/mol. The summed E-state index contributed by atoms with van der Waals surface area (Å²) in [6.45, 7) is 7.13. The lowest BCUT2D eigenvalue weighted by atomic mass is 9.93. The molecule has 2 fully saturated rings. The van der Waals surface area contributed by atoms with Gasteiger partial charge in [0.2, 0.25) is 0 Å². The molecule has 0 aromatic heterocycles. The van der Waals surface area contributed by atoms with Gasteiger partial charge in [-0.1, -0.05) is 32.3 Å². The second kappa shape index (κ2) is 9.74. The molecule has 1 aliphatic heterocycles. The van der Waals surface area contributed by atoms with Crippen LogP contribution >= 0.6 is 0 Å². The van der Waals surface area contributed by atoms with Gasteiger partial charge in [0.1, 0.15) is 12.2 Å². The summed E-state index contributed by atoms with van der Waals surface area (Å²) in [6, 6.07) is -0.0489. The molecule has 1 N–H and O–H groups in total. The molecule has 1 heterocycles. The van der Waals surface area contributed by atoms with E-state index in [1.54, 1.807) is 13.2 Å². The number of nitrogens with one attached hydrogen (secondary N) is 1. The normalized spacial score (nSPS) is 34.5. The summed E-state index contributed by atoms with van der Waals surface area (Å²) < 4.78 is 24.1. The van der Waals surface area contributed by atoms with Gasteiger partial charge in [0, 0.05) is 13.7 Å². The highest BCUT2D eigenvalue weighted by Gasteiger charge is 2.48. The summed E-state index contributed by atoms with van der Waals surface area (Å²) in [4.78, 5) is 0. The molecule has 2 unspecified atom stereocenters. The second-order valence-electron chi connectivity index (χ2n) is 6.55. The average Bonchev–Trinajstić information content (AvgIpc) is 3.37. The first kappa shape index (κ1) is 18.9. The van der Waals surface area contributed by atoms with E-state index in [1.165, 1.54) is 12.8 Å². The first-order valence-electron chi connectivity index (χ1n) is 8.94. The topological polar surface area (TPSA) is 49.0 Å². The highest BCUT2D eigenvalue weighted by Crippen LogP contribution is 2.38. The minimum atomic E-state index is -0.295. The van der Waals surface area contributed by atoms with Gasteiger partial charge in [-0.05, 0) is 25.8 Å².